The predicted octanol–water partition coefficient (Wildman–Crippen LogP) is 5.21. The molecule has 112 valence electrons. The third kappa shape index (κ3) is 4.80. The maximum Gasteiger partial charge on any atom is 0.223 e. The molecule has 1 aromatic heterocycles. The molecule has 1 heterocycles. The highest BCUT2D eigenvalue weighted by Crippen LogP contribution is 2.28. The van der Waals surface area contributed by atoms with Crippen LogP contribution in [0.15, 0.2) is 39.4 Å². The molecule has 0 amide bonds. The fraction of sp³-hybridized carbons (Fsp3) is 0.312. The van der Waals surface area contributed by atoms with E-state index in [1.54, 1.807) is 6.20 Å². The summed E-state index contributed by atoms with van der Waals surface area (Å²) < 4.78 is 7.96. The highest BCUT2D eigenvalue weighted by atomic mass is 79.9. The SMILES string of the molecule is Cc1cc(Oc2ncc(Br)cc2CNC(C)C)ccc1Br. The highest BCUT2D eigenvalue weighted by Gasteiger charge is 2.09. The maximum atomic E-state index is 5.94. The van der Waals surface area contributed by atoms with Crippen LogP contribution in [-0.4, -0.2) is 11.0 Å². The van der Waals surface area contributed by atoms with E-state index in [0.29, 0.717) is 11.9 Å². The largest absolute Gasteiger partial charge is 0.439 e. The van der Waals surface area contributed by atoms with Crippen molar-refractivity contribution in [3.8, 4) is 11.6 Å². The quantitative estimate of drug-likeness (QED) is 0.730. The van der Waals surface area contributed by atoms with Crippen molar-refractivity contribution in [1.82, 2.24) is 10.3 Å². The van der Waals surface area contributed by atoms with Crippen molar-refractivity contribution in [3.05, 3.63) is 50.5 Å². The molecule has 0 aliphatic rings. The topological polar surface area (TPSA) is 34.1 Å². The van der Waals surface area contributed by atoms with E-state index in [1.807, 2.05) is 31.2 Å². The average Bonchev–Trinajstić information content (AvgIpc) is 2.43. The zero-order valence-electron chi connectivity index (χ0n) is 12.3. The van der Waals surface area contributed by atoms with E-state index in [4.69, 9.17) is 4.74 Å². The van der Waals surface area contributed by atoms with Crippen molar-refractivity contribution >= 4 is 31.9 Å². The molecule has 0 radical (unpaired) electrons. The number of nitrogens with zero attached hydrogens (tertiary/aromatic N) is 1. The Morgan fingerprint density at radius 1 is 1.24 bits per heavy atom. The summed E-state index contributed by atoms with van der Waals surface area (Å²) >= 11 is 6.95. The van der Waals surface area contributed by atoms with Gasteiger partial charge in [0.1, 0.15) is 5.75 Å². The van der Waals surface area contributed by atoms with Crippen LogP contribution < -0.4 is 10.1 Å². The minimum Gasteiger partial charge on any atom is -0.439 e. The molecule has 1 N–H and O–H groups in total. The minimum atomic E-state index is 0.409. The van der Waals surface area contributed by atoms with E-state index < -0.39 is 0 Å². The third-order valence-corrected chi connectivity index (χ3v) is 4.26. The van der Waals surface area contributed by atoms with Gasteiger partial charge in [-0.1, -0.05) is 29.8 Å². The van der Waals surface area contributed by atoms with Crippen LogP contribution in [0.25, 0.3) is 0 Å². The molecule has 3 nitrogen and oxygen atoms in total. The number of aromatic nitrogens is 1. The summed E-state index contributed by atoms with van der Waals surface area (Å²) in [5.41, 5.74) is 2.16. The van der Waals surface area contributed by atoms with Gasteiger partial charge in [0.15, 0.2) is 0 Å². The van der Waals surface area contributed by atoms with Gasteiger partial charge in [-0.3, -0.25) is 0 Å². The van der Waals surface area contributed by atoms with E-state index in [-0.39, 0.29) is 0 Å². The van der Waals surface area contributed by atoms with Crippen LogP contribution in [0.5, 0.6) is 11.6 Å². The fourth-order valence-electron chi connectivity index (χ4n) is 1.79. The fourth-order valence-corrected chi connectivity index (χ4v) is 2.42. The molecule has 0 atom stereocenters. The van der Waals surface area contributed by atoms with Gasteiger partial charge in [0.05, 0.1) is 0 Å². The second-order valence-corrected chi connectivity index (χ2v) is 6.94. The monoisotopic (exact) mass is 412 g/mol. The molecule has 0 saturated heterocycles. The Labute approximate surface area is 142 Å². The van der Waals surface area contributed by atoms with Crippen molar-refractivity contribution in [2.24, 2.45) is 0 Å². The lowest BCUT2D eigenvalue weighted by atomic mass is 10.2. The molecule has 0 bridgehead atoms. The highest BCUT2D eigenvalue weighted by molar-refractivity contribution is 9.10. The Balaban J connectivity index is 2.23. The van der Waals surface area contributed by atoms with E-state index in [2.05, 4.69) is 56.0 Å². The van der Waals surface area contributed by atoms with Crippen LogP contribution in [0.1, 0.15) is 25.0 Å². The summed E-state index contributed by atoms with van der Waals surface area (Å²) in [4.78, 5) is 4.38. The number of hydrogen-bond donors (Lipinski definition) is 1. The van der Waals surface area contributed by atoms with Gasteiger partial charge in [0.25, 0.3) is 0 Å². The predicted molar refractivity (Wildman–Crippen MR) is 92.9 cm³/mol. The minimum absolute atomic E-state index is 0.409. The molecular formula is C16H18Br2N2O. The zero-order valence-corrected chi connectivity index (χ0v) is 15.5. The van der Waals surface area contributed by atoms with Crippen LogP contribution in [0.4, 0.5) is 0 Å². The molecule has 21 heavy (non-hydrogen) atoms. The van der Waals surface area contributed by atoms with Gasteiger partial charge in [-0.25, -0.2) is 4.98 Å². The number of aryl methyl sites for hydroxylation is 1. The lowest BCUT2D eigenvalue weighted by Gasteiger charge is -2.13. The first-order valence-corrected chi connectivity index (χ1v) is 8.36. The number of hydrogen-bond acceptors (Lipinski definition) is 3. The Morgan fingerprint density at radius 2 is 2.00 bits per heavy atom. The Kier molecular flexibility index (Phi) is 5.79. The molecule has 0 spiro atoms. The third-order valence-electron chi connectivity index (χ3n) is 2.94. The van der Waals surface area contributed by atoms with Gasteiger partial charge in [-0.15, -0.1) is 0 Å². The molecule has 0 aliphatic carbocycles. The number of ether oxygens (including phenoxy) is 1. The van der Waals surface area contributed by atoms with Crippen molar-refractivity contribution in [2.75, 3.05) is 0 Å². The van der Waals surface area contributed by atoms with Crippen molar-refractivity contribution in [1.29, 1.82) is 0 Å². The molecular weight excluding hydrogens is 396 g/mol. The smallest absolute Gasteiger partial charge is 0.223 e. The van der Waals surface area contributed by atoms with Crippen LogP contribution >= 0.6 is 31.9 Å². The van der Waals surface area contributed by atoms with Crippen molar-refractivity contribution in [2.45, 2.75) is 33.4 Å². The Morgan fingerprint density at radius 3 is 2.67 bits per heavy atom. The first-order chi connectivity index (χ1) is 9.95. The summed E-state index contributed by atoms with van der Waals surface area (Å²) in [6.45, 7) is 6.98. The van der Waals surface area contributed by atoms with Crippen LogP contribution in [0.2, 0.25) is 0 Å². The Hall–Kier alpha value is -0.910. The maximum absolute atomic E-state index is 5.94. The molecule has 0 unspecified atom stereocenters. The number of halogens is 2. The number of nitrogens with one attached hydrogen (secondary N) is 1. The number of rotatable bonds is 5. The second-order valence-electron chi connectivity index (χ2n) is 5.17. The summed E-state index contributed by atoms with van der Waals surface area (Å²) in [6, 6.07) is 8.35. The molecule has 0 aliphatic heterocycles. The molecule has 2 aromatic rings. The second kappa shape index (κ2) is 7.38. The zero-order chi connectivity index (χ0) is 15.4. The van der Waals surface area contributed by atoms with Gasteiger partial charge in [0, 0.05) is 33.3 Å². The van der Waals surface area contributed by atoms with Crippen LogP contribution in [0, 0.1) is 6.92 Å². The summed E-state index contributed by atoms with van der Waals surface area (Å²) in [5, 5.41) is 3.39. The summed E-state index contributed by atoms with van der Waals surface area (Å²) in [6.07, 6.45) is 1.75. The van der Waals surface area contributed by atoms with Crippen molar-refractivity contribution in [3.63, 3.8) is 0 Å². The first kappa shape index (κ1) is 16.5. The number of pyridine rings is 1. The van der Waals surface area contributed by atoms with Gasteiger partial charge in [0.2, 0.25) is 5.88 Å². The molecule has 5 heteroatoms. The molecule has 0 fully saturated rings. The Bertz CT molecular complexity index is 630. The van der Waals surface area contributed by atoms with Gasteiger partial charge in [-0.05, 0) is 52.7 Å². The van der Waals surface area contributed by atoms with Gasteiger partial charge < -0.3 is 10.1 Å². The van der Waals surface area contributed by atoms with Gasteiger partial charge >= 0.3 is 0 Å². The average molecular weight is 414 g/mol. The molecule has 2 rings (SSSR count). The van der Waals surface area contributed by atoms with E-state index in [0.717, 1.165) is 32.4 Å². The lowest BCUT2D eigenvalue weighted by Crippen LogP contribution is -2.22. The van der Waals surface area contributed by atoms with Crippen LogP contribution in [-0.2, 0) is 6.54 Å². The van der Waals surface area contributed by atoms with E-state index >= 15 is 0 Å². The van der Waals surface area contributed by atoms with Gasteiger partial charge in [-0.2, -0.15) is 0 Å². The van der Waals surface area contributed by atoms with E-state index in [9.17, 15) is 0 Å². The summed E-state index contributed by atoms with van der Waals surface area (Å²) in [5.74, 6) is 1.42. The lowest BCUT2D eigenvalue weighted by molar-refractivity contribution is 0.449. The number of benzene rings is 1. The summed E-state index contributed by atoms with van der Waals surface area (Å²) in [7, 11) is 0. The van der Waals surface area contributed by atoms with Crippen molar-refractivity contribution < 1.29 is 4.74 Å². The molecule has 1 aromatic carbocycles. The van der Waals surface area contributed by atoms with Crippen LogP contribution in [0.3, 0.4) is 0 Å². The standard InChI is InChI=1S/C16H18Br2N2O/c1-10(2)19-8-12-7-13(17)9-20-16(12)21-14-4-5-15(18)11(3)6-14/h4-7,9-10,19H,8H2,1-3H3. The molecule has 0 saturated carbocycles. The normalized spacial score (nSPS) is 11.0. The first-order valence-electron chi connectivity index (χ1n) is 6.77. The van der Waals surface area contributed by atoms with E-state index in [1.165, 1.54) is 0 Å².